The molecule has 8 heteroatoms. The Morgan fingerprint density at radius 3 is 2.26 bits per heavy atom. The smallest absolute Gasteiger partial charge is 0.321 e. The first-order valence-electron chi connectivity index (χ1n) is 17.6. The summed E-state index contributed by atoms with van der Waals surface area (Å²) in [4.78, 5) is 19.2. The van der Waals surface area contributed by atoms with Crippen molar-refractivity contribution in [2.24, 2.45) is 0 Å². The van der Waals surface area contributed by atoms with E-state index in [9.17, 15) is 9.65 Å². The van der Waals surface area contributed by atoms with E-state index in [-0.39, 0.29) is 36.2 Å². The van der Waals surface area contributed by atoms with Crippen LogP contribution in [0.25, 0.3) is 0 Å². The quantitative estimate of drug-likeness (QED) is 0.143. The van der Waals surface area contributed by atoms with Crippen LogP contribution in [0.1, 0.15) is 66.8 Å². The lowest BCUT2D eigenvalue weighted by atomic mass is 9.90. The number of benzene rings is 4. The minimum absolute atomic E-state index is 0.0426. The summed E-state index contributed by atoms with van der Waals surface area (Å²) in [6.45, 7) is 5.75. The largest absolute Gasteiger partial charge is 0.377 e. The number of halogens is 1. The predicted octanol–water partition coefficient (Wildman–Crippen LogP) is 7.99. The van der Waals surface area contributed by atoms with Crippen LogP contribution in [0.3, 0.4) is 0 Å². The molecule has 1 aliphatic carbocycles. The Kier molecular flexibility index (Phi) is 9.74. The molecule has 2 heterocycles. The first kappa shape index (κ1) is 33.9. The second-order valence-corrected chi connectivity index (χ2v) is 14.2. The molecule has 5 atom stereocenters. The number of hydrogen-bond donors (Lipinski definition) is 0. The highest BCUT2D eigenvalue weighted by atomic mass is 19.1. The molecule has 3 aliphatic rings. The average molecular weight is 674 g/mol. The lowest BCUT2D eigenvalue weighted by Gasteiger charge is -2.38. The molecule has 1 saturated carbocycles. The molecule has 2 saturated heterocycles. The van der Waals surface area contributed by atoms with Crippen LogP contribution in [-0.4, -0.2) is 58.6 Å². The molecule has 258 valence electrons. The molecule has 0 aromatic heterocycles. The van der Waals surface area contributed by atoms with E-state index in [2.05, 4.69) is 41.3 Å². The summed E-state index contributed by atoms with van der Waals surface area (Å²) in [6.07, 6.45) is 2.02. The number of hydrogen-bond acceptors (Lipinski definition) is 5. The summed E-state index contributed by atoms with van der Waals surface area (Å²) < 4.78 is 34.2. The molecule has 50 heavy (non-hydrogen) atoms. The van der Waals surface area contributed by atoms with E-state index < -0.39 is 23.2 Å². The SMILES string of the molecule is CC1(C)O[C@H]2[C@@H](Cc3ccccc3)N(Cc3ccc(F)c(C#N)c3)C(=O)N(CCCCOCc3ccccc3)C3(CC3c3ccccc3)[C@@H]2O1. The maximum atomic E-state index is 15.3. The zero-order valence-corrected chi connectivity index (χ0v) is 28.7. The molecule has 0 bridgehead atoms. The Morgan fingerprint density at radius 2 is 1.56 bits per heavy atom. The summed E-state index contributed by atoms with van der Waals surface area (Å²) in [5.41, 5.74) is 3.40. The number of carbonyl (C=O) groups excluding carboxylic acids is 1. The fourth-order valence-corrected chi connectivity index (χ4v) is 8.00. The van der Waals surface area contributed by atoms with Crippen molar-refractivity contribution in [1.82, 2.24) is 9.80 Å². The van der Waals surface area contributed by atoms with Gasteiger partial charge < -0.3 is 24.0 Å². The molecule has 7 rings (SSSR count). The standard InChI is InChI=1S/C42H44FN3O4/c1-41(2)49-38-37(25-30-14-6-3-7-15-30)45(28-32-20-21-36(43)34(24-32)27-44)40(47)46(22-12-13-23-48-29-31-16-8-4-9-17-31)42(39(38)50-41)26-35(42)33-18-10-5-11-19-33/h3-11,14-21,24,35,37-39H,12-13,22-23,25-26,28-29H2,1-2H3/t35?,37-,38+,39-,42?/m1/s1. The van der Waals surface area contributed by atoms with Crippen molar-refractivity contribution in [1.29, 1.82) is 5.26 Å². The van der Waals surface area contributed by atoms with Gasteiger partial charge in [0, 0.05) is 25.6 Å². The van der Waals surface area contributed by atoms with E-state index in [0.29, 0.717) is 31.7 Å². The summed E-state index contributed by atoms with van der Waals surface area (Å²) >= 11 is 0. The van der Waals surface area contributed by atoms with Crippen LogP contribution >= 0.6 is 0 Å². The number of rotatable bonds is 12. The summed E-state index contributed by atoms with van der Waals surface area (Å²) in [6, 6.07) is 36.6. The molecule has 0 N–H and O–H groups in total. The molecule has 4 aromatic carbocycles. The number of nitriles is 1. The van der Waals surface area contributed by atoms with Gasteiger partial charge in [0.25, 0.3) is 0 Å². The Labute approximate surface area is 294 Å². The van der Waals surface area contributed by atoms with E-state index in [1.54, 1.807) is 12.1 Å². The molecule has 4 aromatic rings. The fourth-order valence-electron chi connectivity index (χ4n) is 8.00. The van der Waals surface area contributed by atoms with Crippen LogP contribution in [-0.2, 0) is 33.8 Å². The van der Waals surface area contributed by atoms with E-state index >= 15 is 4.79 Å². The number of carbonyl (C=O) groups is 1. The highest BCUT2D eigenvalue weighted by Gasteiger charge is 2.72. The van der Waals surface area contributed by atoms with Crippen LogP contribution in [0.4, 0.5) is 9.18 Å². The molecule has 2 aliphatic heterocycles. The maximum Gasteiger partial charge on any atom is 0.321 e. The minimum atomic E-state index is -0.867. The van der Waals surface area contributed by atoms with Gasteiger partial charge in [0.15, 0.2) is 5.79 Å². The average Bonchev–Trinajstić information content (AvgIpc) is 3.80. The number of nitrogens with zero attached hydrogens (tertiary/aromatic N) is 3. The van der Waals surface area contributed by atoms with Crippen LogP contribution < -0.4 is 0 Å². The molecule has 0 radical (unpaired) electrons. The van der Waals surface area contributed by atoms with E-state index in [4.69, 9.17) is 14.2 Å². The van der Waals surface area contributed by atoms with Gasteiger partial charge in [0.1, 0.15) is 24.1 Å². The minimum Gasteiger partial charge on any atom is -0.377 e. The number of ether oxygens (including phenoxy) is 3. The first-order chi connectivity index (χ1) is 24.3. The van der Waals surface area contributed by atoms with Gasteiger partial charge in [-0.25, -0.2) is 9.18 Å². The fraction of sp³-hybridized carbons (Fsp3) is 0.381. The Hall–Kier alpha value is -4.55. The molecule has 7 nitrogen and oxygen atoms in total. The number of unbranched alkanes of at least 4 members (excludes halogenated alkanes) is 1. The normalized spacial score (nSPS) is 25.3. The molecule has 2 amide bonds. The van der Waals surface area contributed by atoms with Gasteiger partial charge in [0.2, 0.25) is 0 Å². The van der Waals surface area contributed by atoms with Crippen molar-refractivity contribution in [3.05, 3.63) is 143 Å². The summed E-state index contributed by atoms with van der Waals surface area (Å²) in [7, 11) is 0. The van der Waals surface area contributed by atoms with Gasteiger partial charge in [-0.3, -0.25) is 0 Å². The summed E-state index contributed by atoms with van der Waals surface area (Å²) in [5, 5.41) is 9.63. The number of amides is 2. The third-order valence-corrected chi connectivity index (χ3v) is 10.4. The molecule has 3 fully saturated rings. The number of urea groups is 1. The summed E-state index contributed by atoms with van der Waals surface area (Å²) in [5.74, 6) is -1.37. The van der Waals surface area contributed by atoms with Crippen LogP contribution in [0.5, 0.6) is 0 Å². The molecular weight excluding hydrogens is 629 g/mol. The van der Waals surface area contributed by atoms with Crippen molar-refractivity contribution in [2.45, 2.75) is 88.2 Å². The molecule has 2 unspecified atom stereocenters. The van der Waals surface area contributed by atoms with E-state index in [0.717, 1.165) is 30.4 Å². The van der Waals surface area contributed by atoms with Gasteiger partial charge >= 0.3 is 6.03 Å². The third kappa shape index (κ3) is 6.91. The Morgan fingerprint density at radius 1 is 0.880 bits per heavy atom. The van der Waals surface area contributed by atoms with Gasteiger partial charge in [-0.1, -0.05) is 97.1 Å². The van der Waals surface area contributed by atoms with Gasteiger partial charge in [-0.15, -0.1) is 0 Å². The van der Waals surface area contributed by atoms with Crippen LogP contribution in [0.2, 0.25) is 0 Å². The molecular formula is C42H44FN3O4. The van der Waals surface area contributed by atoms with Crippen molar-refractivity contribution in [3.63, 3.8) is 0 Å². The lowest BCUT2D eigenvalue weighted by Crippen LogP contribution is -2.53. The van der Waals surface area contributed by atoms with Crippen molar-refractivity contribution < 1.29 is 23.4 Å². The number of fused-ring (bicyclic) bond motifs is 2. The highest BCUT2D eigenvalue weighted by molar-refractivity contribution is 5.78. The first-order valence-corrected chi connectivity index (χ1v) is 17.6. The molecule has 1 spiro atoms. The monoisotopic (exact) mass is 673 g/mol. The van der Waals surface area contributed by atoms with E-state index in [1.807, 2.05) is 79.4 Å². The van der Waals surface area contributed by atoms with Gasteiger partial charge in [-0.05, 0) is 73.9 Å². The zero-order valence-electron chi connectivity index (χ0n) is 28.7. The van der Waals surface area contributed by atoms with Crippen LogP contribution in [0, 0.1) is 17.1 Å². The predicted molar refractivity (Wildman–Crippen MR) is 188 cm³/mol. The van der Waals surface area contributed by atoms with Gasteiger partial charge in [-0.2, -0.15) is 5.26 Å². The van der Waals surface area contributed by atoms with Crippen molar-refractivity contribution in [3.8, 4) is 6.07 Å². The second kappa shape index (κ2) is 14.4. The second-order valence-electron chi connectivity index (χ2n) is 14.2. The third-order valence-electron chi connectivity index (χ3n) is 10.4. The van der Waals surface area contributed by atoms with Crippen LogP contribution in [0.15, 0.2) is 109 Å². The zero-order chi connectivity index (χ0) is 34.7. The Balaban J connectivity index is 1.25. The lowest BCUT2D eigenvalue weighted by molar-refractivity contribution is -0.159. The van der Waals surface area contributed by atoms with E-state index in [1.165, 1.54) is 11.6 Å². The maximum absolute atomic E-state index is 15.3. The highest BCUT2D eigenvalue weighted by Crippen LogP contribution is 2.63. The Bertz CT molecular complexity index is 1820. The van der Waals surface area contributed by atoms with Crippen molar-refractivity contribution in [2.75, 3.05) is 13.2 Å². The van der Waals surface area contributed by atoms with Crippen molar-refractivity contribution >= 4 is 6.03 Å². The topological polar surface area (TPSA) is 75.0 Å². The van der Waals surface area contributed by atoms with Gasteiger partial charge in [0.05, 0.1) is 23.8 Å².